The maximum absolute atomic E-state index is 12.4. The van der Waals surface area contributed by atoms with Gasteiger partial charge < -0.3 is 5.32 Å². The minimum Gasteiger partial charge on any atom is -0.318 e. The normalized spacial score (nSPS) is 11.7. The molecule has 0 fully saturated rings. The van der Waals surface area contributed by atoms with E-state index in [4.69, 9.17) is 0 Å². The van der Waals surface area contributed by atoms with Gasteiger partial charge >= 0.3 is 6.18 Å². The van der Waals surface area contributed by atoms with Crippen LogP contribution >= 0.6 is 11.8 Å². The molecule has 0 atom stereocenters. The molecule has 2 heterocycles. The fourth-order valence-electron chi connectivity index (χ4n) is 2.04. The molecule has 0 aliphatic rings. The lowest BCUT2D eigenvalue weighted by atomic mass is 10.3. The number of aromatic nitrogens is 4. The molecule has 1 amide bonds. The molecule has 10 heteroatoms. The summed E-state index contributed by atoms with van der Waals surface area (Å²) in [4.78, 5) is 20.7. The van der Waals surface area contributed by atoms with Crippen molar-refractivity contribution in [3.63, 3.8) is 0 Å². The van der Waals surface area contributed by atoms with Crippen molar-refractivity contribution in [2.45, 2.75) is 18.0 Å². The summed E-state index contributed by atoms with van der Waals surface area (Å²) in [6.07, 6.45) is -2.75. The lowest BCUT2D eigenvalue weighted by Gasteiger charge is -2.10. The van der Waals surface area contributed by atoms with Crippen molar-refractivity contribution in [1.29, 1.82) is 0 Å². The van der Waals surface area contributed by atoms with Crippen LogP contribution in [0.3, 0.4) is 0 Å². The number of amides is 1. The third-order valence-electron chi connectivity index (χ3n) is 3.16. The van der Waals surface area contributed by atoms with Crippen LogP contribution in [0, 0.1) is 6.92 Å². The molecule has 0 saturated carbocycles. The smallest absolute Gasteiger partial charge is 0.318 e. The molecule has 6 nitrogen and oxygen atoms in total. The van der Waals surface area contributed by atoms with Crippen LogP contribution in [-0.4, -0.2) is 37.4 Å². The fraction of sp³-hybridized carbons (Fsp3) is 0.200. The molecule has 0 radical (unpaired) electrons. The Kier molecular flexibility index (Phi) is 4.62. The Labute approximate surface area is 144 Å². The molecule has 0 spiro atoms. The largest absolute Gasteiger partial charge is 0.398 e. The van der Waals surface area contributed by atoms with Crippen molar-refractivity contribution >= 4 is 29.1 Å². The van der Waals surface area contributed by atoms with E-state index in [0.29, 0.717) is 16.7 Å². The van der Waals surface area contributed by atoms with Crippen LogP contribution < -0.4 is 5.32 Å². The molecular weight excluding hydrogens is 355 g/mol. The van der Waals surface area contributed by atoms with E-state index in [2.05, 4.69) is 20.4 Å². The van der Waals surface area contributed by atoms with Crippen LogP contribution in [-0.2, 0) is 0 Å². The highest BCUT2D eigenvalue weighted by atomic mass is 32.2. The molecule has 3 aromatic rings. The van der Waals surface area contributed by atoms with Gasteiger partial charge in [0, 0.05) is 16.8 Å². The third-order valence-corrected chi connectivity index (χ3v) is 4.30. The average Bonchev–Trinajstić information content (AvgIpc) is 2.99. The molecule has 2 aromatic heterocycles. The molecule has 0 saturated heterocycles. The number of hydrogen-bond donors (Lipinski definition) is 1. The van der Waals surface area contributed by atoms with Gasteiger partial charge in [0.15, 0.2) is 0 Å². The Bertz CT molecular complexity index is 925. The number of carbonyl (C=O) groups excluding carboxylic acids is 1. The molecular formula is C15H12F3N5OS. The number of benzene rings is 1. The van der Waals surface area contributed by atoms with Gasteiger partial charge in [-0.15, -0.1) is 16.9 Å². The van der Waals surface area contributed by atoms with Crippen molar-refractivity contribution in [2.75, 3.05) is 11.1 Å². The predicted octanol–water partition coefficient (Wildman–Crippen LogP) is 3.34. The standard InChI is InChI=1S/C15H12F3N5OS/c1-9-6-7-19-14-21-12(22-23(9)14)13(24)20-10-4-2-3-5-11(10)25-8-15(16,17)18/h2-7H,8H2,1H3,(H,20,24). The summed E-state index contributed by atoms with van der Waals surface area (Å²) in [5, 5.41) is 6.62. The highest BCUT2D eigenvalue weighted by molar-refractivity contribution is 7.99. The van der Waals surface area contributed by atoms with Crippen molar-refractivity contribution < 1.29 is 18.0 Å². The van der Waals surface area contributed by atoms with Gasteiger partial charge in [-0.1, -0.05) is 12.1 Å². The third kappa shape index (κ3) is 4.08. The number of nitrogens with one attached hydrogen (secondary N) is 1. The second kappa shape index (κ2) is 6.71. The number of hydrogen-bond acceptors (Lipinski definition) is 5. The predicted molar refractivity (Wildman–Crippen MR) is 86.7 cm³/mol. The van der Waals surface area contributed by atoms with Gasteiger partial charge in [-0.25, -0.2) is 9.50 Å². The van der Waals surface area contributed by atoms with Gasteiger partial charge in [0.05, 0.1) is 11.4 Å². The Morgan fingerprint density at radius 1 is 1.28 bits per heavy atom. The number of carbonyl (C=O) groups is 1. The molecule has 1 N–H and O–H groups in total. The van der Waals surface area contributed by atoms with E-state index >= 15 is 0 Å². The quantitative estimate of drug-likeness (QED) is 0.716. The molecule has 130 valence electrons. The summed E-state index contributed by atoms with van der Waals surface area (Å²) in [6, 6.07) is 7.97. The number of fused-ring (bicyclic) bond motifs is 1. The number of anilines is 1. The van der Waals surface area contributed by atoms with Crippen LogP contribution in [0.25, 0.3) is 5.78 Å². The zero-order valence-corrected chi connectivity index (χ0v) is 13.7. The summed E-state index contributed by atoms with van der Waals surface area (Å²) < 4.78 is 38.7. The number of aryl methyl sites for hydroxylation is 1. The molecule has 25 heavy (non-hydrogen) atoms. The first-order valence-corrected chi connectivity index (χ1v) is 8.10. The number of nitrogens with zero attached hydrogens (tertiary/aromatic N) is 4. The minimum absolute atomic E-state index is 0.113. The van der Waals surface area contributed by atoms with E-state index in [1.807, 2.05) is 0 Å². The number of halogens is 3. The van der Waals surface area contributed by atoms with Crippen molar-refractivity contribution in [1.82, 2.24) is 19.6 Å². The van der Waals surface area contributed by atoms with Crippen molar-refractivity contribution in [2.24, 2.45) is 0 Å². The van der Waals surface area contributed by atoms with E-state index < -0.39 is 17.8 Å². The maximum Gasteiger partial charge on any atom is 0.398 e. The van der Waals surface area contributed by atoms with Crippen LogP contribution in [0.1, 0.15) is 16.3 Å². The summed E-state index contributed by atoms with van der Waals surface area (Å²) >= 11 is 0.601. The molecule has 3 rings (SSSR count). The van der Waals surface area contributed by atoms with Gasteiger partial charge in [-0.05, 0) is 25.1 Å². The number of rotatable bonds is 4. The van der Waals surface area contributed by atoms with Gasteiger partial charge in [0.2, 0.25) is 5.82 Å². The van der Waals surface area contributed by atoms with Crippen LogP contribution in [0.4, 0.5) is 18.9 Å². The first-order valence-electron chi connectivity index (χ1n) is 7.12. The summed E-state index contributed by atoms with van der Waals surface area (Å²) in [7, 11) is 0. The second-order valence-corrected chi connectivity index (χ2v) is 6.10. The summed E-state index contributed by atoms with van der Waals surface area (Å²) in [5.74, 6) is -1.51. The Balaban J connectivity index is 1.81. The molecule has 1 aromatic carbocycles. The molecule has 0 bridgehead atoms. The number of alkyl halides is 3. The highest BCUT2D eigenvalue weighted by Gasteiger charge is 2.28. The Hall–Kier alpha value is -2.62. The van der Waals surface area contributed by atoms with E-state index in [9.17, 15) is 18.0 Å². The van der Waals surface area contributed by atoms with Crippen molar-refractivity contribution in [3.05, 3.63) is 48.0 Å². The van der Waals surface area contributed by atoms with Gasteiger partial charge in [-0.3, -0.25) is 4.79 Å². The highest BCUT2D eigenvalue weighted by Crippen LogP contribution is 2.32. The Morgan fingerprint density at radius 3 is 2.76 bits per heavy atom. The van der Waals surface area contributed by atoms with E-state index in [-0.39, 0.29) is 17.3 Å². The van der Waals surface area contributed by atoms with E-state index in [0.717, 1.165) is 5.69 Å². The average molecular weight is 367 g/mol. The van der Waals surface area contributed by atoms with E-state index in [1.165, 1.54) is 16.6 Å². The SMILES string of the molecule is Cc1ccnc2nc(C(=O)Nc3ccccc3SCC(F)(F)F)nn12. The molecule has 0 aliphatic carbocycles. The van der Waals surface area contributed by atoms with Crippen LogP contribution in [0.15, 0.2) is 41.4 Å². The van der Waals surface area contributed by atoms with Crippen molar-refractivity contribution in [3.8, 4) is 0 Å². The van der Waals surface area contributed by atoms with Gasteiger partial charge in [-0.2, -0.15) is 18.2 Å². The summed E-state index contributed by atoms with van der Waals surface area (Å²) in [6.45, 7) is 1.79. The van der Waals surface area contributed by atoms with Gasteiger partial charge in [0.1, 0.15) is 0 Å². The molecule has 0 unspecified atom stereocenters. The zero-order valence-electron chi connectivity index (χ0n) is 12.9. The van der Waals surface area contributed by atoms with Crippen LogP contribution in [0.5, 0.6) is 0 Å². The zero-order chi connectivity index (χ0) is 18.0. The minimum atomic E-state index is -4.30. The first-order chi connectivity index (χ1) is 11.8. The van der Waals surface area contributed by atoms with E-state index in [1.54, 1.807) is 31.3 Å². The lowest BCUT2D eigenvalue weighted by Crippen LogP contribution is -2.15. The summed E-state index contributed by atoms with van der Waals surface area (Å²) in [5.41, 5.74) is 1.02. The lowest BCUT2D eigenvalue weighted by molar-refractivity contribution is -0.105. The van der Waals surface area contributed by atoms with Gasteiger partial charge in [0.25, 0.3) is 11.7 Å². The first kappa shape index (κ1) is 17.2. The maximum atomic E-state index is 12.4. The van der Waals surface area contributed by atoms with Crippen LogP contribution in [0.2, 0.25) is 0 Å². The topological polar surface area (TPSA) is 72.2 Å². The second-order valence-electron chi connectivity index (χ2n) is 5.09. The monoisotopic (exact) mass is 367 g/mol. The number of thioether (sulfide) groups is 1. The Morgan fingerprint density at radius 2 is 2.04 bits per heavy atom. The number of para-hydroxylation sites is 1. The fourth-order valence-corrected chi connectivity index (χ4v) is 2.80. The molecule has 0 aliphatic heterocycles.